The second-order valence-corrected chi connectivity index (χ2v) is 8.49. The molecule has 0 saturated carbocycles. The van der Waals surface area contributed by atoms with Crippen molar-refractivity contribution in [1.29, 1.82) is 0 Å². The van der Waals surface area contributed by atoms with Crippen molar-refractivity contribution in [3.63, 3.8) is 0 Å². The Balaban J connectivity index is 1.46. The van der Waals surface area contributed by atoms with Gasteiger partial charge in [-0.3, -0.25) is 8.87 Å². The third kappa shape index (κ3) is 2.31. The van der Waals surface area contributed by atoms with Crippen LogP contribution in [0.3, 0.4) is 0 Å². The summed E-state index contributed by atoms with van der Waals surface area (Å²) in [5.74, 6) is 0. The molecule has 1 aliphatic rings. The van der Waals surface area contributed by atoms with E-state index in [1.807, 2.05) is 48.5 Å². The van der Waals surface area contributed by atoms with Gasteiger partial charge in [0.25, 0.3) is 10.0 Å². The van der Waals surface area contributed by atoms with Crippen LogP contribution in [0.5, 0.6) is 0 Å². The minimum absolute atomic E-state index is 0.175. The average molecular weight is 379 g/mol. The number of hydrogen-bond acceptors (Lipinski definition) is 3. The minimum atomic E-state index is -3.55. The predicted octanol–water partition coefficient (Wildman–Crippen LogP) is 3.08. The molecule has 1 N–H and O–H groups in total. The second-order valence-electron chi connectivity index (χ2n) is 6.66. The van der Waals surface area contributed by atoms with Gasteiger partial charge in [-0.05, 0) is 36.1 Å². The first kappa shape index (κ1) is 16.1. The van der Waals surface area contributed by atoms with Crippen LogP contribution in [0.1, 0.15) is 6.42 Å². The molecule has 3 aromatic carbocycles. The van der Waals surface area contributed by atoms with Gasteiger partial charge in [0, 0.05) is 18.5 Å². The first-order valence-electron chi connectivity index (χ1n) is 8.79. The molecular weight excluding hydrogens is 362 g/mol. The maximum Gasteiger partial charge on any atom is 0.326 e. The third-order valence-electron chi connectivity index (χ3n) is 5.11. The molecule has 0 bridgehead atoms. The van der Waals surface area contributed by atoms with Crippen LogP contribution in [0.4, 0.5) is 5.69 Å². The van der Waals surface area contributed by atoms with Crippen LogP contribution in [0, 0.1) is 0 Å². The first-order chi connectivity index (χ1) is 13.1. The Kier molecular flexibility index (Phi) is 3.42. The summed E-state index contributed by atoms with van der Waals surface area (Å²) >= 11 is 0. The van der Waals surface area contributed by atoms with Crippen molar-refractivity contribution in [3.8, 4) is 0 Å². The number of aromatic nitrogens is 2. The number of imidazole rings is 1. The van der Waals surface area contributed by atoms with E-state index in [1.54, 1.807) is 16.7 Å². The van der Waals surface area contributed by atoms with Gasteiger partial charge >= 0.3 is 5.69 Å². The molecule has 0 amide bonds. The number of nitrogens with zero attached hydrogens (tertiary/aromatic N) is 2. The number of hydrogen-bond donors (Lipinski definition) is 1. The summed E-state index contributed by atoms with van der Waals surface area (Å²) in [4.78, 5) is 15.4. The maximum absolute atomic E-state index is 13.0. The van der Waals surface area contributed by atoms with E-state index >= 15 is 0 Å². The van der Waals surface area contributed by atoms with E-state index in [1.165, 1.54) is 4.31 Å². The number of nitrogens with one attached hydrogen (secondary N) is 1. The van der Waals surface area contributed by atoms with Crippen molar-refractivity contribution in [1.82, 2.24) is 9.55 Å². The van der Waals surface area contributed by atoms with Crippen molar-refractivity contribution in [2.75, 3.05) is 10.8 Å². The highest BCUT2D eigenvalue weighted by Gasteiger charge is 2.34. The lowest BCUT2D eigenvalue weighted by molar-refractivity contribution is 0.586. The fourth-order valence-corrected chi connectivity index (χ4v) is 5.65. The lowest BCUT2D eigenvalue weighted by atomic mass is 10.1. The van der Waals surface area contributed by atoms with Crippen LogP contribution in [0.2, 0.25) is 0 Å². The van der Waals surface area contributed by atoms with Crippen LogP contribution in [0.25, 0.3) is 21.8 Å². The molecule has 6 nitrogen and oxygen atoms in total. The van der Waals surface area contributed by atoms with Gasteiger partial charge in [-0.15, -0.1) is 0 Å². The Morgan fingerprint density at radius 1 is 0.889 bits per heavy atom. The number of H-pyrrole nitrogens is 1. The quantitative estimate of drug-likeness (QED) is 0.592. The van der Waals surface area contributed by atoms with Gasteiger partial charge in [0.1, 0.15) is 0 Å². The Morgan fingerprint density at radius 2 is 1.67 bits per heavy atom. The number of fused-ring (bicyclic) bond motifs is 1. The van der Waals surface area contributed by atoms with Crippen molar-refractivity contribution in [2.24, 2.45) is 0 Å². The molecule has 5 rings (SSSR count). The summed E-state index contributed by atoms with van der Waals surface area (Å²) in [6.07, 6.45) is 0.533. The van der Waals surface area contributed by atoms with Crippen LogP contribution >= 0.6 is 0 Å². The number of sulfonamides is 1. The molecule has 0 saturated heterocycles. The molecule has 27 heavy (non-hydrogen) atoms. The van der Waals surface area contributed by atoms with Crippen molar-refractivity contribution in [3.05, 3.63) is 71.1 Å². The fourth-order valence-electron chi connectivity index (χ4n) is 3.90. The van der Waals surface area contributed by atoms with Crippen molar-refractivity contribution in [2.45, 2.75) is 17.9 Å². The predicted molar refractivity (Wildman–Crippen MR) is 106 cm³/mol. The van der Waals surface area contributed by atoms with E-state index in [4.69, 9.17) is 0 Å². The molecule has 136 valence electrons. The molecule has 2 heterocycles. The van der Waals surface area contributed by atoms with Crippen LogP contribution in [-0.4, -0.2) is 24.5 Å². The molecule has 4 aromatic rings. The maximum atomic E-state index is 13.0. The number of benzene rings is 3. The van der Waals surface area contributed by atoms with Crippen LogP contribution in [-0.2, 0) is 16.6 Å². The average Bonchev–Trinajstić information content (AvgIpc) is 3.10. The molecule has 0 fully saturated rings. The van der Waals surface area contributed by atoms with Gasteiger partial charge in [0.15, 0.2) is 0 Å². The topological polar surface area (TPSA) is 75.2 Å². The van der Waals surface area contributed by atoms with Gasteiger partial charge in [0.2, 0.25) is 0 Å². The summed E-state index contributed by atoms with van der Waals surface area (Å²) in [5.41, 5.74) is 2.16. The van der Waals surface area contributed by atoms with Gasteiger partial charge in [0.05, 0.1) is 21.6 Å². The van der Waals surface area contributed by atoms with E-state index < -0.39 is 10.0 Å². The molecule has 0 atom stereocenters. The molecule has 1 aliphatic heterocycles. The van der Waals surface area contributed by atoms with E-state index in [9.17, 15) is 13.2 Å². The van der Waals surface area contributed by atoms with E-state index in [2.05, 4.69) is 4.98 Å². The number of aromatic amines is 1. The van der Waals surface area contributed by atoms with E-state index in [0.717, 1.165) is 27.5 Å². The summed E-state index contributed by atoms with van der Waals surface area (Å²) < 4.78 is 29.1. The molecule has 1 aromatic heterocycles. The highest BCUT2D eigenvalue weighted by atomic mass is 32.2. The highest BCUT2D eigenvalue weighted by molar-refractivity contribution is 7.93. The van der Waals surface area contributed by atoms with E-state index in [-0.39, 0.29) is 5.69 Å². The smallest absolute Gasteiger partial charge is 0.306 e. The monoisotopic (exact) mass is 379 g/mol. The Morgan fingerprint density at radius 3 is 2.52 bits per heavy atom. The zero-order valence-electron chi connectivity index (χ0n) is 14.4. The van der Waals surface area contributed by atoms with Crippen LogP contribution < -0.4 is 9.99 Å². The van der Waals surface area contributed by atoms with Crippen molar-refractivity contribution < 1.29 is 8.42 Å². The van der Waals surface area contributed by atoms with Gasteiger partial charge in [-0.2, -0.15) is 0 Å². The fraction of sp³-hybridized carbons (Fsp3) is 0.150. The normalized spacial score (nSPS) is 15.0. The standard InChI is InChI=1S/C20H17N3O3S/c24-20-21-15-8-1-2-9-16(15)22(20)12-5-13-23-17-10-3-6-14-7-4-11-18(19(14)17)27(23,25)26/h1-4,6-11H,5,12-13H2,(H,21,24). The zero-order chi connectivity index (χ0) is 18.6. The third-order valence-corrected chi connectivity index (χ3v) is 6.96. The summed E-state index contributed by atoms with van der Waals surface area (Å²) in [6.45, 7) is 0.767. The largest absolute Gasteiger partial charge is 0.326 e. The van der Waals surface area contributed by atoms with Crippen LogP contribution in [0.15, 0.2) is 70.4 Å². The minimum Gasteiger partial charge on any atom is -0.306 e. The molecule has 7 heteroatoms. The molecule has 0 unspecified atom stereocenters. The van der Waals surface area contributed by atoms with Gasteiger partial charge in [-0.1, -0.05) is 36.4 Å². The molecule has 0 radical (unpaired) electrons. The first-order valence-corrected chi connectivity index (χ1v) is 10.2. The Bertz CT molecular complexity index is 1350. The lowest BCUT2D eigenvalue weighted by Crippen LogP contribution is -2.29. The Labute approximate surface area is 155 Å². The van der Waals surface area contributed by atoms with E-state index in [0.29, 0.717) is 24.4 Å². The van der Waals surface area contributed by atoms with Gasteiger partial charge in [-0.25, -0.2) is 13.2 Å². The number of para-hydroxylation sites is 2. The highest BCUT2D eigenvalue weighted by Crippen LogP contribution is 2.41. The number of aryl methyl sites for hydroxylation is 1. The summed E-state index contributed by atoms with van der Waals surface area (Å²) in [5, 5.41) is 1.70. The lowest BCUT2D eigenvalue weighted by Gasteiger charge is -2.18. The molecular formula is C20H17N3O3S. The second kappa shape index (κ2) is 5.72. The number of rotatable bonds is 4. The molecule has 0 spiro atoms. The number of anilines is 1. The SMILES string of the molecule is O=c1[nH]c2ccccc2n1CCCN1c2cccc3cccc(c23)S1(=O)=O. The molecule has 0 aliphatic carbocycles. The summed E-state index contributed by atoms with van der Waals surface area (Å²) in [6, 6.07) is 18.5. The zero-order valence-corrected chi connectivity index (χ0v) is 15.2. The van der Waals surface area contributed by atoms with Crippen molar-refractivity contribution >= 4 is 37.5 Å². The Hall–Kier alpha value is -3.06. The summed E-state index contributed by atoms with van der Waals surface area (Å²) in [7, 11) is -3.55. The van der Waals surface area contributed by atoms with Gasteiger partial charge < -0.3 is 4.98 Å².